The number of rotatable bonds is 3. The van der Waals surface area contributed by atoms with Crippen molar-refractivity contribution < 1.29 is 4.74 Å². The van der Waals surface area contributed by atoms with Crippen molar-refractivity contribution in [2.24, 2.45) is 5.73 Å². The van der Waals surface area contributed by atoms with E-state index < -0.39 is 0 Å². The van der Waals surface area contributed by atoms with Gasteiger partial charge in [-0.2, -0.15) is 5.10 Å². The summed E-state index contributed by atoms with van der Waals surface area (Å²) in [6, 6.07) is 5.85. The van der Waals surface area contributed by atoms with Crippen LogP contribution in [0.5, 0.6) is 5.75 Å². The van der Waals surface area contributed by atoms with Gasteiger partial charge in [0, 0.05) is 0 Å². The Morgan fingerprint density at radius 1 is 1.44 bits per heavy atom. The lowest BCUT2D eigenvalue weighted by Gasteiger charge is -2.06. The van der Waals surface area contributed by atoms with Crippen LogP contribution >= 0.6 is 0 Å². The molecule has 0 unspecified atom stereocenters. The van der Waals surface area contributed by atoms with Crippen molar-refractivity contribution in [3.05, 3.63) is 42.0 Å². The maximum Gasteiger partial charge on any atom is 0.137 e. The Morgan fingerprint density at radius 2 is 2.33 bits per heavy atom. The fourth-order valence-electron chi connectivity index (χ4n) is 1.60. The molecular weight excluding hydrogens is 228 g/mol. The van der Waals surface area contributed by atoms with E-state index in [-0.39, 0.29) is 0 Å². The quantitative estimate of drug-likeness (QED) is 0.802. The molecule has 18 heavy (non-hydrogen) atoms. The summed E-state index contributed by atoms with van der Waals surface area (Å²) in [6.45, 7) is 0.984. The predicted molar refractivity (Wildman–Crippen MR) is 68.1 cm³/mol. The molecule has 2 rings (SSSR count). The number of nitrogens with two attached hydrogens (primary N) is 1. The highest BCUT2D eigenvalue weighted by Gasteiger charge is 2.03. The summed E-state index contributed by atoms with van der Waals surface area (Å²) in [5.41, 5.74) is 7.30. The third-order valence-corrected chi connectivity index (χ3v) is 2.40. The van der Waals surface area contributed by atoms with Crippen molar-refractivity contribution in [3.63, 3.8) is 0 Å². The SMILES string of the molecule is COc1ccc(Cn2cncn2)cc1C#CCN. The molecule has 0 aliphatic carbocycles. The zero-order chi connectivity index (χ0) is 12.8. The maximum atomic E-state index is 5.38. The molecule has 1 aromatic heterocycles. The van der Waals surface area contributed by atoms with Crippen LogP contribution in [0.2, 0.25) is 0 Å². The summed E-state index contributed by atoms with van der Waals surface area (Å²) < 4.78 is 7.01. The van der Waals surface area contributed by atoms with Crippen molar-refractivity contribution in [1.29, 1.82) is 0 Å². The second-order valence-corrected chi connectivity index (χ2v) is 3.63. The fraction of sp³-hybridized carbons (Fsp3) is 0.231. The van der Waals surface area contributed by atoms with Gasteiger partial charge in [0.15, 0.2) is 0 Å². The lowest BCUT2D eigenvalue weighted by Crippen LogP contribution is -2.01. The van der Waals surface area contributed by atoms with E-state index in [4.69, 9.17) is 10.5 Å². The number of benzene rings is 1. The minimum atomic E-state index is 0.330. The minimum Gasteiger partial charge on any atom is -0.495 e. The van der Waals surface area contributed by atoms with Gasteiger partial charge in [0.25, 0.3) is 0 Å². The van der Waals surface area contributed by atoms with Crippen LogP contribution in [0, 0.1) is 11.8 Å². The van der Waals surface area contributed by atoms with Gasteiger partial charge in [-0.05, 0) is 17.7 Å². The number of hydrogen-bond donors (Lipinski definition) is 1. The smallest absolute Gasteiger partial charge is 0.137 e. The number of methoxy groups -OCH3 is 1. The zero-order valence-electron chi connectivity index (χ0n) is 10.1. The van der Waals surface area contributed by atoms with Gasteiger partial charge in [0.05, 0.1) is 25.8 Å². The molecule has 1 heterocycles. The minimum absolute atomic E-state index is 0.330. The van der Waals surface area contributed by atoms with E-state index in [0.717, 1.165) is 16.9 Å². The van der Waals surface area contributed by atoms with Crippen molar-refractivity contribution in [2.75, 3.05) is 13.7 Å². The molecule has 92 valence electrons. The molecule has 2 N–H and O–H groups in total. The van der Waals surface area contributed by atoms with Gasteiger partial charge in [-0.25, -0.2) is 9.67 Å². The Labute approximate surface area is 106 Å². The lowest BCUT2D eigenvalue weighted by atomic mass is 10.1. The van der Waals surface area contributed by atoms with E-state index >= 15 is 0 Å². The van der Waals surface area contributed by atoms with Crippen molar-refractivity contribution >= 4 is 0 Å². The van der Waals surface area contributed by atoms with E-state index in [2.05, 4.69) is 21.9 Å². The summed E-state index contributed by atoms with van der Waals surface area (Å²) in [5.74, 6) is 6.58. The van der Waals surface area contributed by atoms with Crippen LogP contribution in [0.4, 0.5) is 0 Å². The molecular formula is C13H14N4O. The topological polar surface area (TPSA) is 66.0 Å². The first-order chi connectivity index (χ1) is 8.83. The first kappa shape index (κ1) is 12.1. The van der Waals surface area contributed by atoms with E-state index in [1.54, 1.807) is 18.1 Å². The molecule has 0 aliphatic rings. The van der Waals surface area contributed by atoms with Crippen LogP contribution in [0.3, 0.4) is 0 Å². The van der Waals surface area contributed by atoms with Crippen LogP contribution in [0.25, 0.3) is 0 Å². The molecule has 5 nitrogen and oxygen atoms in total. The van der Waals surface area contributed by atoms with Gasteiger partial charge in [-0.15, -0.1) is 0 Å². The second-order valence-electron chi connectivity index (χ2n) is 3.63. The Morgan fingerprint density at radius 3 is 3.00 bits per heavy atom. The molecule has 0 saturated carbocycles. The lowest BCUT2D eigenvalue weighted by molar-refractivity contribution is 0.413. The largest absolute Gasteiger partial charge is 0.495 e. The molecule has 0 atom stereocenters. The third-order valence-electron chi connectivity index (χ3n) is 2.40. The van der Waals surface area contributed by atoms with Crippen LogP contribution < -0.4 is 10.5 Å². The Kier molecular flexibility index (Phi) is 3.94. The monoisotopic (exact) mass is 242 g/mol. The Balaban J connectivity index is 2.27. The normalized spacial score (nSPS) is 9.67. The number of aromatic nitrogens is 3. The average Bonchev–Trinajstić information content (AvgIpc) is 2.89. The molecule has 0 bridgehead atoms. The summed E-state index contributed by atoms with van der Waals surface area (Å²) in [6.07, 6.45) is 3.19. The van der Waals surface area contributed by atoms with E-state index in [1.165, 1.54) is 6.33 Å². The summed E-state index contributed by atoms with van der Waals surface area (Å²) in [7, 11) is 1.63. The van der Waals surface area contributed by atoms with Crippen molar-refractivity contribution in [1.82, 2.24) is 14.8 Å². The molecule has 1 aromatic carbocycles. The molecule has 0 saturated heterocycles. The molecule has 2 aromatic rings. The van der Waals surface area contributed by atoms with Crippen LogP contribution in [-0.4, -0.2) is 28.4 Å². The zero-order valence-corrected chi connectivity index (χ0v) is 10.1. The van der Waals surface area contributed by atoms with Crippen molar-refractivity contribution in [3.8, 4) is 17.6 Å². The molecule has 0 fully saturated rings. The summed E-state index contributed by atoms with van der Waals surface area (Å²) in [4.78, 5) is 3.91. The van der Waals surface area contributed by atoms with Crippen LogP contribution in [0.15, 0.2) is 30.9 Å². The van der Waals surface area contributed by atoms with Gasteiger partial charge < -0.3 is 10.5 Å². The molecule has 0 radical (unpaired) electrons. The van der Waals surface area contributed by atoms with E-state index in [0.29, 0.717) is 13.1 Å². The molecule has 0 spiro atoms. The standard InChI is InChI=1S/C13H14N4O/c1-18-13-5-4-11(7-12(13)3-2-6-14)8-17-10-15-9-16-17/h4-5,7,9-10H,6,8,14H2,1H3. The second kappa shape index (κ2) is 5.84. The fourth-order valence-corrected chi connectivity index (χ4v) is 1.60. The Bertz CT molecular complexity index is 566. The predicted octanol–water partition coefficient (Wildman–Crippen LogP) is 0.645. The molecule has 0 aliphatic heterocycles. The summed E-state index contributed by atoms with van der Waals surface area (Å²) >= 11 is 0. The van der Waals surface area contributed by atoms with Crippen LogP contribution in [-0.2, 0) is 6.54 Å². The first-order valence-corrected chi connectivity index (χ1v) is 5.51. The van der Waals surface area contributed by atoms with Gasteiger partial charge >= 0.3 is 0 Å². The van der Waals surface area contributed by atoms with E-state index in [9.17, 15) is 0 Å². The first-order valence-electron chi connectivity index (χ1n) is 5.51. The summed E-state index contributed by atoms with van der Waals surface area (Å²) in [5, 5.41) is 4.06. The van der Waals surface area contributed by atoms with Crippen LogP contribution in [0.1, 0.15) is 11.1 Å². The molecule has 5 heteroatoms. The third kappa shape index (κ3) is 2.87. The average molecular weight is 242 g/mol. The Hall–Kier alpha value is -2.32. The van der Waals surface area contributed by atoms with Gasteiger partial charge in [-0.3, -0.25) is 0 Å². The highest BCUT2D eigenvalue weighted by molar-refractivity contribution is 5.48. The van der Waals surface area contributed by atoms with Gasteiger partial charge in [0.2, 0.25) is 0 Å². The highest BCUT2D eigenvalue weighted by Crippen LogP contribution is 2.19. The maximum absolute atomic E-state index is 5.38. The highest BCUT2D eigenvalue weighted by atomic mass is 16.5. The van der Waals surface area contributed by atoms with Crippen molar-refractivity contribution in [2.45, 2.75) is 6.54 Å². The number of nitrogens with zero attached hydrogens (tertiary/aromatic N) is 3. The van der Waals surface area contributed by atoms with E-state index in [1.807, 2.05) is 18.2 Å². The van der Waals surface area contributed by atoms with Gasteiger partial charge in [-0.1, -0.05) is 17.9 Å². The molecule has 0 amide bonds. The number of ether oxygens (including phenoxy) is 1. The van der Waals surface area contributed by atoms with Gasteiger partial charge in [0.1, 0.15) is 18.4 Å². The number of hydrogen-bond acceptors (Lipinski definition) is 4.